The minimum atomic E-state index is -0.550. The molecule has 1 aliphatic heterocycles. The standard InChI is InChI=1S/C16H22ClN3O3/c1-10(2)18-16(22)19-7-8-20(15(21)11(19)3)13-9-12(17)5-6-14(13)23-4/h5-6,9-11H,7-8H2,1-4H3,(H,18,22)/t11-/m1/s1. The summed E-state index contributed by atoms with van der Waals surface area (Å²) in [5.74, 6) is 0.422. The Morgan fingerprint density at radius 1 is 1.39 bits per heavy atom. The number of methoxy groups -OCH3 is 1. The summed E-state index contributed by atoms with van der Waals surface area (Å²) in [6.45, 7) is 6.34. The average Bonchev–Trinajstić information content (AvgIpc) is 2.49. The molecule has 1 aromatic carbocycles. The van der Waals surface area contributed by atoms with Crippen LogP contribution in [0, 0.1) is 0 Å². The molecule has 3 amide bonds. The van der Waals surface area contributed by atoms with Gasteiger partial charge in [0.15, 0.2) is 0 Å². The number of nitrogens with one attached hydrogen (secondary N) is 1. The molecule has 1 fully saturated rings. The fraction of sp³-hybridized carbons (Fsp3) is 0.500. The van der Waals surface area contributed by atoms with E-state index in [1.807, 2.05) is 13.8 Å². The topological polar surface area (TPSA) is 61.9 Å². The maximum absolute atomic E-state index is 12.7. The lowest BCUT2D eigenvalue weighted by atomic mass is 10.1. The van der Waals surface area contributed by atoms with Crippen molar-refractivity contribution in [3.8, 4) is 5.75 Å². The van der Waals surface area contributed by atoms with Crippen LogP contribution in [-0.2, 0) is 4.79 Å². The number of nitrogens with zero attached hydrogens (tertiary/aromatic N) is 2. The normalized spacial score (nSPS) is 18.3. The zero-order valence-corrected chi connectivity index (χ0v) is 14.6. The van der Waals surface area contributed by atoms with E-state index in [-0.39, 0.29) is 18.0 Å². The maximum atomic E-state index is 12.7. The summed E-state index contributed by atoms with van der Waals surface area (Å²) >= 11 is 6.05. The lowest BCUT2D eigenvalue weighted by Crippen LogP contribution is -2.60. The van der Waals surface area contributed by atoms with Gasteiger partial charge in [-0.1, -0.05) is 11.6 Å². The maximum Gasteiger partial charge on any atom is 0.318 e. The van der Waals surface area contributed by atoms with Crippen LogP contribution in [0.15, 0.2) is 18.2 Å². The number of hydrogen-bond acceptors (Lipinski definition) is 3. The Balaban J connectivity index is 2.22. The highest BCUT2D eigenvalue weighted by Crippen LogP contribution is 2.33. The van der Waals surface area contributed by atoms with Crippen molar-refractivity contribution in [2.24, 2.45) is 0 Å². The molecule has 0 unspecified atom stereocenters. The number of ether oxygens (including phenoxy) is 1. The fourth-order valence-corrected chi connectivity index (χ4v) is 2.76. The van der Waals surface area contributed by atoms with Crippen LogP contribution in [0.5, 0.6) is 5.75 Å². The molecule has 0 bridgehead atoms. The highest BCUT2D eigenvalue weighted by molar-refractivity contribution is 6.31. The lowest BCUT2D eigenvalue weighted by Gasteiger charge is -2.39. The highest BCUT2D eigenvalue weighted by Gasteiger charge is 2.36. The van der Waals surface area contributed by atoms with Gasteiger partial charge in [-0.2, -0.15) is 0 Å². The van der Waals surface area contributed by atoms with E-state index in [4.69, 9.17) is 16.3 Å². The number of hydrogen-bond donors (Lipinski definition) is 1. The SMILES string of the molecule is COc1ccc(Cl)cc1N1CCN(C(=O)NC(C)C)[C@H](C)C1=O. The summed E-state index contributed by atoms with van der Waals surface area (Å²) in [6, 6.07) is 4.40. The molecule has 2 rings (SSSR count). The third-order valence-corrected chi connectivity index (χ3v) is 4.00. The van der Waals surface area contributed by atoms with Crippen molar-refractivity contribution in [1.29, 1.82) is 0 Å². The Labute approximate surface area is 141 Å². The summed E-state index contributed by atoms with van der Waals surface area (Å²) < 4.78 is 5.32. The van der Waals surface area contributed by atoms with Crippen LogP contribution in [0.4, 0.5) is 10.5 Å². The van der Waals surface area contributed by atoms with Gasteiger partial charge in [-0.25, -0.2) is 4.79 Å². The molecule has 1 N–H and O–H groups in total. The average molecular weight is 340 g/mol. The number of rotatable bonds is 3. The highest BCUT2D eigenvalue weighted by atomic mass is 35.5. The van der Waals surface area contributed by atoms with Gasteiger partial charge < -0.3 is 19.9 Å². The van der Waals surface area contributed by atoms with E-state index in [1.54, 1.807) is 42.0 Å². The molecule has 1 aromatic rings. The molecular formula is C16H22ClN3O3. The number of amides is 3. The Bertz CT molecular complexity index is 606. The first-order chi connectivity index (χ1) is 10.8. The number of carbonyl (C=O) groups is 2. The molecule has 1 aliphatic rings. The minimum absolute atomic E-state index is 0.0239. The van der Waals surface area contributed by atoms with Gasteiger partial charge >= 0.3 is 6.03 Å². The number of benzene rings is 1. The molecule has 0 aromatic heterocycles. The molecule has 0 radical (unpaired) electrons. The third kappa shape index (κ3) is 3.69. The summed E-state index contributed by atoms with van der Waals surface area (Å²) in [5, 5.41) is 3.35. The summed E-state index contributed by atoms with van der Waals surface area (Å²) in [6.07, 6.45) is 0. The van der Waals surface area contributed by atoms with Gasteiger partial charge in [0.25, 0.3) is 0 Å². The van der Waals surface area contributed by atoms with Crippen LogP contribution in [-0.4, -0.2) is 49.1 Å². The number of anilines is 1. The van der Waals surface area contributed by atoms with Crippen molar-refractivity contribution in [3.05, 3.63) is 23.2 Å². The molecule has 1 heterocycles. The van der Waals surface area contributed by atoms with Crippen molar-refractivity contribution in [2.75, 3.05) is 25.1 Å². The van der Waals surface area contributed by atoms with Gasteiger partial charge in [-0.3, -0.25) is 4.79 Å². The number of urea groups is 1. The van der Waals surface area contributed by atoms with Crippen LogP contribution >= 0.6 is 11.6 Å². The molecule has 0 saturated carbocycles. The van der Waals surface area contributed by atoms with Crippen molar-refractivity contribution in [3.63, 3.8) is 0 Å². The first-order valence-corrected chi connectivity index (χ1v) is 7.95. The van der Waals surface area contributed by atoms with Crippen molar-refractivity contribution >= 4 is 29.2 Å². The first-order valence-electron chi connectivity index (χ1n) is 7.57. The van der Waals surface area contributed by atoms with Gasteiger partial charge in [0, 0.05) is 24.2 Å². The molecule has 0 aliphatic carbocycles. The van der Waals surface area contributed by atoms with Crippen LogP contribution in [0.2, 0.25) is 5.02 Å². The van der Waals surface area contributed by atoms with Gasteiger partial charge in [-0.15, -0.1) is 0 Å². The number of carbonyl (C=O) groups excluding carboxylic acids is 2. The first kappa shape index (κ1) is 17.4. The predicted molar refractivity (Wildman–Crippen MR) is 90.2 cm³/mol. The Morgan fingerprint density at radius 2 is 2.09 bits per heavy atom. The smallest absolute Gasteiger partial charge is 0.318 e. The minimum Gasteiger partial charge on any atom is -0.495 e. The predicted octanol–water partition coefficient (Wildman–Crippen LogP) is 2.50. The molecule has 7 heteroatoms. The van der Waals surface area contributed by atoms with Crippen LogP contribution in [0.3, 0.4) is 0 Å². The van der Waals surface area contributed by atoms with E-state index in [1.165, 1.54) is 0 Å². The van der Waals surface area contributed by atoms with Crippen LogP contribution in [0.25, 0.3) is 0 Å². The van der Waals surface area contributed by atoms with Gasteiger partial charge in [-0.05, 0) is 39.0 Å². The van der Waals surface area contributed by atoms with E-state index in [0.29, 0.717) is 29.5 Å². The number of halogens is 1. The van der Waals surface area contributed by atoms with E-state index in [9.17, 15) is 9.59 Å². The van der Waals surface area contributed by atoms with E-state index >= 15 is 0 Å². The molecular weight excluding hydrogens is 318 g/mol. The summed E-state index contributed by atoms with van der Waals surface area (Å²) in [4.78, 5) is 28.1. The van der Waals surface area contributed by atoms with Gasteiger partial charge in [0.1, 0.15) is 11.8 Å². The van der Waals surface area contributed by atoms with Gasteiger partial charge in [0.2, 0.25) is 5.91 Å². The Kier molecular flexibility index (Phi) is 5.36. The Hall–Kier alpha value is -1.95. The molecule has 0 spiro atoms. The third-order valence-electron chi connectivity index (χ3n) is 3.76. The summed E-state index contributed by atoms with van der Waals surface area (Å²) in [7, 11) is 1.55. The second-order valence-corrected chi connectivity index (χ2v) is 6.22. The quantitative estimate of drug-likeness (QED) is 0.920. The molecule has 1 atom stereocenters. The van der Waals surface area contributed by atoms with E-state index < -0.39 is 6.04 Å². The largest absolute Gasteiger partial charge is 0.495 e. The zero-order valence-electron chi connectivity index (χ0n) is 13.8. The monoisotopic (exact) mass is 339 g/mol. The fourth-order valence-electron chi connectivity index (χ4n) is 2.59. The van der Waals surface area contributed by atoms with E-state index in [0.717, 1.165) is 0 Å². The Morgan fingerprint density at radius 3 is 2.70 bits per heavy atom. The second-order valence-electron chi connectivity index (χ2n) is 5.78. The van der Waals surface area contributed by atoms with Crippen LogP contribution in [0.1, 0.15) is 20.8 Å². The van der Waals surface area contributed by atoms with Crippen molar-refractivity contribution < 1.29 is 14.3 Å². The van der Waals surface area contributed by atoms with Crippen molar-refractivity contribution in [2.45, 2.75) is 32.9 Å². The second kappa shape index (κ2) is 7.08. The number of piperazine rings is 1. The van der Waals surface area contributed by atoms with Crippen molar-refractivity contribution in [1.82, 2.24) is 10.2 Å². The van der Waals surface area contributed by atoms with Crippen LogP contribution < -0.4 is 15.0 Å². The molecule has 1 saturated heterocycles. The summed E-state index contributed by atoms with van der Waals surface area (Å²) in [5.41, 5.74) is 0.626. The van der Waals surface area contributed by atoms with E-state index in [2.05, 4.69) is 5.32 Å². The molecule has 126 valence electrons. The molecule has 23 heavy (non-hydrogen) atoms. The van der Waals surface area contributed by atoms with Gasteiger partial charge in [0.05, 0.1) is 12.8 Å². The molecule has 6 nitrogen and oxygen atoms in total. The lowest BCUT2D eigenvalue weighted by molar-refractivity contribution is -0.124. The zero-order chi connectivity index (χ0) is 17.1.